The fourth-order valence-corrected chi connectivity index (χ4v) is 6.87. The van der Waals surface area contributed by atoms with Gasteiger partial charge in [-0.1, -0.05) is 20.3 Å². The van der Waals surface area contributed by atoms with Gasteiger partial charge in [0.15, 0.2) is 5.65 Å². The van der Waals surface area contributed by atoms with E-state index in [1.807, 2.05) is 4.52 Å². The largest absolute Gasteiger partial charge is 0.355 e. The van der Waals surface area contributed by atoms with Crippen molar-refractivity contribution in [1.82, 2.24) is 29.5 Å². The molecule has 1 N–H and O–H groups in total. The first-order valence-corrected chi connectivity index (χ1v) is 16.6. The number of aromatic amines is 1. The Morgan fingerprint density at radius 1 is 1.18 bits per heavy atom. The van der Waals surface area contributed by atoms with Crippen LogP contribution < -0.4 is 4.90 Å². The van der Waals surface area contributed by atoms with Gasteiger partial charge in [-0.3, -0.25) is 4.90 Å². The van der Waals surface area contributed by atoms with Gasteiger partial charge in [0.1, 0.15) is 22.0 Å². The molecular formula is C30H43N7O2S. The lowest BCUT2D eigenvalue weighted by atomic mass is 9.95. The zero-order chi connectivity index (χ0) is 28.8. The van der Waals surface area contributed by atoms with Crippen LogP contribution in [-0.4, -0.2) is 81.6 Å². The number of aryl methyl sites for hydroxylation is 1. The van der Waals surface area contributed by atoms with Gasteiger partial charge in [0.2, 0.25) is 0 Å². The number of rotatable bonds is 9. The maximum Gasteiger partial charge on any atom is 0.158 e. The van der Waals surface area contributed by atoms with Gasteiger partial charge in [-0.05, 0) is 69.7 Å². The first-order chi connectivity index (χ1) is 19.0. The van der Waals surface area contributed by atoms with Gasteiger partial charge < -0.3 is 9.88 Å². The Kier molecular flexibility index (Phi) is 7.94. The molecular weight excluding hydrogens is 522 g/mol. The molecule has 0 aromatic carbocycles. The number of fused-ring (bicyclic) bond motifs is 2. The Labute approximate surface area is 237 Å². The summed E-state index contributed by atoms with van der Waals surface area (Å²) in [5.74, 6) is 1.43. The van der Waals surface area contributed by atoms with Crippen molar-refractivity contribution in [3.05, 3.63) is 41.3 Å². The van der Waals surface area contributed by atoms with Crippen LogP contribution in [-0.2, 0) is 9.84 Å². The highest BCUT2D eigenvalue weighted by atomic mass is 32.2. The highest BCUT2D eigenvalue weighted by Crippen LogP contribution is 2.38. The molecule has 10 heteroatoms. The molecule has 1 aliphatic heterocycles. The van der Waals surface area contributed by atoms with E-state index in [-0.39, 0.29) is 11.7 Å². The molecule has 216 valence electrons. The molecule has 2 atom stereocenters. The molecule has 0 spiro atoms. The summed E-state index contributed by atoms with van der Waals surface area (Å²) in [4.78, 5) is 18.1. The van der Waals surface area contributed by atoms with Crippen molar-refractivity contribution in [1.29, 1.82) is 0 Å². The molecule has 9 nitrogen and oxygen atoms in total. The van der Waals surface area contributed by atoms with E-state index in [1.165, 1.54) is 23.8 Å². The Balaban J connectivity index is 1.51. The molecule has 4 aromatic heterocycles. The summed E-state index contributed by atoms with van der Waals surface area (Å²) in [6.45, 7) is 15.3. The zero-order valence-electron chi connectivity index (χ0n) is 24.9. The van der Waals surface area contributed by atoms with Crippen molar-refractivity contribution in [3.8, 4) is 11.3 Å². The zero-order valence-corrected chi connectivity index (χ0v) is 25.7. The number of pyridine rings is 2. The lowest BCUT2D eigenvalue weighted by Gasteiger charge is -2.42. The van der Waals surface area contributed by atoms with Crippen molar-refractivity contribution in [2.24, 2.45) is 0 Å². The average Bonchev–Trinajstić information content (AvgIpc) is 3.52. The Hall–Kier alpha value is -2.98. The minimum atomic E-state index is -3.01. The third-order valence-corrected chi connectivity index (χ3v) is 9.61. The number of aromatic nitrogens is 5. The summed E-state index contributed by atoms with van der Waals surface area (Å²) >= 11 is 0. The normalized spacial score (nSPS) is 18.8. The maximum atomic E-state index is 11.9. The minimum Gasteiger partial charge on any atom is -0.355 e. The van der Waals surface area contributed by atoms with Crippen molar-refractivity contribution in [2.75, 3.05) is 36.5 Å². The molecule has 5 heterocycles. The van der Waals surface area contributed by atoms with Crippen LogP contribution in [0.15, 0.2) is 24.7 Å². The highest BCUT2D eigenvalue weighted by Gasteiger charge is 2.30. The molecule has 1 saturated heterocycles. The van der Waals surface area contributed by atoms with Crippen molar-refractivity contribution in [2.45, 2.75) is 78.8 Å². The molecule has 1 fully saturated rings. The van der Waals surface area contributed by atoms with Gasteiger partial charge >= 0.3 is 0 Å². The Bertz CT molecular complexity index is 1620. The van der Waals surface area contributed by atoms with E-state index < -0.39 is 9.84 Å². The third-order valence-electron chi connectivity index (χ3n) is 8.69. The number of hydrogen-bond donors (Lipinski definition) is 1. The Morgan fingerprint density at radius 2 is 1.95 bits per heavy atom. The monoisotopic (exact) mass is 565 g/mol. The smallest absolute Gasteiger partial charge is 0.158 e. The van der Waals surface area contributed by atoms with Crippen LogP contribution in [0.25, 0.3) is 27.9 Å². The topological polar surface area (TPSA) is 99.5 Å². The van der Waals surface area contributed by atoms with Crippen molar-refractivity contribution in [3.63, 3.8) is 0 Å². The van der Waals surface area contributed by atoms with Gasteiger partial charge in [0, 0.05) is 55.3 Å². The molecule has 0 aliphatic carbocycles. The molecule has 0 amide bonds. The first-order valence-electron chi connectivity index (χ1n) is 14.5. The van der Waals surface area contributed by atoms with Crippen LogP contribution in [0.2, 0.25) is 0 Å². The number of likely N-dealkylation sites (tertiary alicyclic amines) is 1. The van der Waals surface area contributed by atoms with Gasteiger partial charge in [-0.25, -0.2) is 22.9 Å². The number of nitrogens with one attached hydrogen (secondary N) is 1. The Morgan fingerprint density at radius 3 is 2.65 bits per heavy atom. The van der Waals surface area contributed by atoms with E-state index in [0.717, 1.165) is 65.3 Å². The number of hydrogen-bond acceptors (Lipinski definition) is 7. The van der Waals surface area contributed by atoms with Crippen molar-refractivity contribution >= 4 is 32.3 Å². The van der Waals surface area contributed by atoms with Crippen LogP contribution in [0, 0.1) is 13.8 Å². The fourth-order valence-electron chi connectivity index (χ4n) is 6.33. The first kappa shape index (κ1) is 28.5. The number of H-pyrrole nitrogens is 1. The van der Waals surface area contributed by atoms with E-state index in [9.17, 15) is 8.42 Å². The molecule has 1 unspecified atom stereocenters. The van der Waals surface area contributed by atoms with Crippen LogP contribution >= 0.6 is 0 Å². The summed E-state index contributed by atoms with van der Waals surface area (Å²) in [7, 11) is -3.01. The van der Waals surface area contributed by atoms with E-state index in [1.54, 1.807) is 6.33 Å². The standard InChI is InChI=1S/C30H43N7O2S/c1-8-35(16-23-11-9-10-20(4)36(23)14-15-40(7,38)39)26-13-12-25-29(34-26)27(19(2)3)28(33-25)24-17-37-30(31-18-32-37)22(6)21(24)5/h12-13,17-20,23,33H,8-11,14-16H2,1-7H3/t20?,23-/m1/s1. The number of anilines is 1. The second-order valence-corrected chi connectivity index (χ2v) is 14.1. The second-order valence-electron chi connectivity index (χ2n) is 11.8. The number of sulfone groups is 1. The number of likely N-dealkylation sites (N-methyl/N-ethyl adjacent to an activating group) is 1. The SMILES string of the molecule is CCN(C[C@H]1CCCC(C)N1CCS(C)(=O)=O)c1ccc2[nH]c(-c3cn4ncnc4c(C)c3C)c(C(C)C)c2n1. The maximum absolute atomic E-state index is 11.9. The fraction of sp³-hybridized carbons (Fsp3) is 0.567. The summed E-state index contributed by atoms with van der Waals surface area (Å²) in [6, 6.07) is 4.94. The average molecular weight is 566 g/mol. The highest BCUT2D eigenvalue weighted by molar-refractivity contribution is 7.90. The third kappa shape index (κ3) is 5.48. The quantitative estimate of drug-likeness (QED) is 0.300. The van der Waals surface area contributed by atoms with Crippen LogP contribution in [0.4, 0.5) is 5.82 Å². The molecule has 40 heavy (non-hydrogen) atoms. The van der Waals surface area contributed by atoms with E-state index in [0.29, 0.717) is 18.6 Å². The van der Waals surface area contributed by atoms with Gasteiger partial charge in [0.25, 0.3) is 0 Å². The van der Waals surface area contributed by atoms with E-state index in [4.69, 9.17) is 4.98 Å². The van der Waals surface area contributed by atoms with Crippen LogP contribution in [0.5, 0.6) is 0 Å². The second kappa shape index (κ2) is 11.1. The molecule has 5 rings (SSSR count). The predicted octanol–water partition coefficient (Wildman–Crippen LogP) is 5.13. The molecule has 1 aliphatic rings. The molecule has 4 aromatic rings. The van der Waals surface area contributed by atoms with Crippen LogP contribution in [0.3, 0.4) is 0 Å². The van der Waals surface area contributed by atoms with Gasteiger partial charge in [-0.15, -0.1) is 0 Å². The van der Waals surface area contributed by atoms with Gasteiger partial charge in [-0.2, -0.15) is 5.10 Å². The number of nitrogens with zero attached hydrogens (tertiary/aromatic N) is 6. The lowest BCUT2D eigenvalue weighted by molar-refractivity contribution is 0.104. The van der Waals surface area contributed by atoms with E-state index in [2.05, 4.69) is 84.7 Å². The summed E-state index contributed by atoms with van der Waals surface area (Å²) < 4.78 is 25.7. The van der Waals surface area contributed by atoms with Crippen LogP contribution in [0.1, 0.15) is 69.6 Å². The molecule has 0 radical (unpaired) electrons. The van der Waals surface area contributed by atoms with Crippen molar-refractivity contribution < 1.29 is 8.42 Å². The lowest BCUT2D eigenvalue weighted by Crippen LogP contribution is -2.52. The number of piperidine rings is 1. The minimum absolute atomic E-state index is 0.202. The summed E-state index contributed by atoms with van der Waals surface area (Å²) in [5, 5.41) is 4.41. The summed E-state index contributed by atoms with van der Waals surface area (Å²) in [5.41, 5.74) is 8.62. The molecule has 0 bridgehead atoms. The molecule has 0 saturated carbocycles. The summed E-state index contributed by atoms with van der Waals surface area (Å²) in [6.07, 6.45) is 8.34. The van der Waals surface area contributed by atoms with E-state index >= 15 is 0 Å². The predicted molar refractivity (Wildman–Crippen MR) is 163 cm³/mol. The van der Waals surface area contributed by atoms with Gasteiger partial charge in [0.05, 0.1) is 22.5 Å².